The van der Waals surface area contributed by atoms with Crippen LogP contribution in [0.25, 0.3) is 0 Å². The third-order valence-corrected chi connectivity index (χ3v) is 3.26. The molecule has 5 nitrogen and oxygen atoms in total. The molecule has 1 aromatic carbocycles. The van der Waals surface area contributed by atoms with E-state index in [1.54, 1.807) is 13.2 Å². The molecule has 2 N–H and O–H groups in total. The largest absolute Gasteiger partial charge is 0.504 e. The van der Waals surface area contributed by atoms with Gasteiger partial charge in [-0.05, 0) is 31.5 Å². The van der Waals surface area contributed by atoms with Crippen molar-refractivity contribution in [2.75, 3.05) is 7.11 Å². The third kappa shape index (κ3) is 3.30. The molecule has 0 aliphatic carbocycles. The number of benzene rings is 1. The molecule has 1 heterocycles. The van der Waals surface area contributed by atoms with Crippen LogP contribution in [0.5, 0.6) is 11.5 Å². The van der Waals surface area contributed by atoms with Crippen molar-refractivity contribution in [2.45, 2.75) is 33.5 Å². The van der Waals surface area contributed by atoms with Crippen LogP contribution in [-0.2, 0) is 19.6 Å². The number of nitrogens with one attached hydrogen (secondary N) is 1. The Kier molecular flexibility index (Phi) is 4.63. The normalized spacial score (nSPS) is 10.8. The molecule has 0 saturated heterocycles. The van der Waals surface area contributed by atoms with E-state index in [4.69, 9.17) is 4.74 Å². The number of aromatic nitrogens is 2. The zero-order chi connectivity index (χ0) is 14.5. The Hall–Kier alpha value is -2.01. The maximum atomic E-state index is 9.55. The number of hydrogen-bond donors (Lipinski definition) is 2. The number of nitrogens with zero attached hydrogens (tertiary/aromatic N) is 2. The highest BCUT2D eigenvalue weighted by atomic mass is 16.5. The first-order valence-corrected chi connectivity index (χ1v) is 6.73. The van der Waals surface area contributed by atoms with E-state index >= 15 is 0 Å². The Balaban J connectivity index is 1.94. The molecule has 0 fully saturated rings. The van der Waals surface area contributed by atoms with Gasteiger partial charge in [-0.2, -0.15) is 5.10 Å². The third-order valence-electron chi connectivity index (χ3n) is 3.26. The van der Waals surface area contributed by atoms with E-state index in [0.29, 0.717) is 12.3 Å². The second kappa shape index (κ2) is 6.43. The zero-order valence-corrected chi connectivity index (χ0v) is 12.2. The molecule has 0 bridgehead atoms. The van der Waals surface area contributed by atoms with E-state index in [2.05, 4.69) is 23.5 Å². The lowest BCUT2D eigenvalue weighted by molar-refractivity contribution is 0.373. The zero-order valence-electron chi connectivity index (χ0n) is 12.2. The summed E-state index contributed by atoms with van der Waals surface area (Å²) in [7, 11) is 1.55. The van der Waals surface area contributed by atoms with Crippen LogP contribution in [-0.4, -0.2) is 22.0 Å². The lowest BCUT2D eigenvalue weighted by atomic mass is 10.2. The molecule has 2 aromatic rings. The van der Waals surface area contributed by atoms with Crippen molar-refractivity contribution in [3.05, 3.63) is 41.2 Å². The SMILES string of the molecule is CCn1cc(CNCc2ccc(O)c(OC)c2)c(C)n1. The highest BCUT2D eigenvalue weighted by Gasteiger charge is 2.05. The van der Waals surface area contributed by atoms with Gasteiger partial charge in [-0.25, -0.2) is 0 Å². The predicted molar refractivity (Wildman–Crippen MR) is 77.8 cm³/mol. The number of rotatable bonds is 6. The number of hydrogen-bond acceptors (Lipinski definition) is 4. The monoisotopic (exact) mass is 275 g/mol. The molecule has 1 aromatic heterocycles. The van der Waals surface area contributed by atoms with E-state index in [1.807, 2.05) is 23.7 Å². The maximum absolute atomic E-state index is 9.55. The van der Waals surface area contributed by atoms with Crippen molar-refractivity contribution in [2.24, 2.45) is 0 Å². The number of phenols is 1. The number of aryl methyl sites for hydroxylation is 2. The second-order valence-electron chi connectivity index (χ2n) is 4.71. The topological polar surface area (TPSA) is 59.3 Å². The first kappa shape index (κ1) is 14.4. The molecule has 20 heavy (non-hydrogen) atoms. The first-order chi connectivity index (χ1) is 9.63. The van der Waals surface area contributed by atoms with Gasteiger partial charge in [-0.15, -0.1) is 0 Å². The van der Waals surface area contributed by atoms with Gasteiger partial charge in [0.1, 0.15) is 0 Å². The smallest absolute Gasteiger partial charge is 0.160 e. The van der Waals surface area contributed by atoms with Crippen molar-refractivity contribution in [3.8, 4) is 11.5 Å². The van der Waals surface area contributed by atoms with Crippen molar-refractivity contribution < 1.29 is 9.84 Å². The molecule has 0 aliphatic heterocycles. The van der Waals surface area contributed by atoms with E-state index in [-0.39, 0.29) is 5.75 Å². The summed E-state index contributed by atoms with van der Waals surface area (Å²) in [5, 5.41) is 17.3. The van der Waals surface area contributed by atoms with Gasteiger partial charge in [-0.1, -0.05) is 6.07 Å². The van der Waals surface area contributed by atoms with Gasteiger partial charge < -0.3 is 15.2 Å². The fraction of sp³-hybridized carbons (Fsp3) is 0.400. The Labute approximate surface area is 119 Å². The molecule has 0 unspecified atom stereocenters. The molecule has 108 valence electrons. The first-order valence-electron chi connectivity index (χ1n) is 6.73. The molecule has 0 atom stereocenters. The minimum atomic E-state index is 0.163. The van der Waals surface area contributed by atoms with Gasteiger partial charge in [0.15, 0.2) is 11.5 Å². The van der Waals surface area contributed by atoms with Gasteiger partial charge >= 0.3 is 0 Å². The van der Waals surface area contributed by atoms with Gasteiger partial charge in [0.05, 0.1) is 12.8 Å². The van der Waals surface area contributed by atoms with Crippen LogP contribution in [0.15, 0.2) is 24.4 Å². The van der Waals surface area contributed by atoms with E-state index in [1.165, 1.54) is 5.56 Å². The van der Waals surface area contributed by atoms with Gasteiger partial charge in [-0.3, -0.25) is 4.68 Å². The van der Waals surface area contributed by atoms with Gasteiger partial charge in [0.2, 0.25) is 0 Å². The molecule has 0 radical (unpaired) electrons. The van der Waals surface area contributed by atoms with Crippen LogP contribution < -0.4 is 10.1 Å². The van der Waals surface area contributed by atoms with Crippen molar-refractivity contribution in [1.29, 1.82) is 0 Å². The average molecular weight is 275 g/mol. The maximum Gasteiger partial charge on any atom is 0.160 e. The highest BCUT2D eigenvalue weighted by Crippen LogP contribution is 2.26. The minimum absolute atomic E-state index is 0.163. The summed E-state index contributed by atoms with van der Waals surface area (Å²) in [5.41, 5.74) is 3.33. The van der Waals surface area contributed by atoms with Crippen LogP contribution >= 0.6 is 0 Å². The van der Waals surface area contributed by atoms with E-state index in [0.717, 1.165) is 24.3 Å². The Morgan fingerprint density at radius 1 is 1.35 bits per heavy atom. The molecule has 0 aliphatic rings. The van der Waals surface area contributed by atoms with Crippen LogP contribution in [0, 0.1) is 6.92 Å². The van der Waals surface area contributed by atoms with Crippen molar-refractivity contribution in [3.63, 3.8) is 0 Å². The van der Waals surface area contributed by atoms with Gasteiger partial charge in [0, 0.05) is 31.4 Å². The summed E-state index contributed by atoms with van der Waals surface area (Å²) >= 11 is 0. The summed E-state index contributed by atoms with van der Waals surface area (Å²) in [6.07, 6.45) is 2.07. The average Bonchev–Trinajstić information content (AvgIpc) is 2.81. The Morgan fingerprint density at radius 3 is 2.80 bits per heavy atom. The van der Waals surface area contributed by atoms with Crippen molar-refractivity contribution >= 4 is 0 Å². The summed E-state index contributed by atoms with van der Waals surface area (Å²) in [4.78, 5) is 0. The van der Waals surface area contributed by atoms with E-state index < -0.39 is 0 Å². The summed E-state index contributed by atoms with van der Waals surface area (Å²) < 4.78 is 7.04. The lowest BCUT2D eigenvalue weighted by Gasteiger charge is -2.07. The molecule has 0 spiro atoms. The fourth-order valence-corrected chi connectivity index (χ4v) is 2.07. The van der Waals surface area contributed by atoms with Crippen LogP contribution in [0.3, 0.4) is 0 Å². The molecule has 0 amide bonds. The number of ether oxygens (including phenoxy) is 1. The van der Waals surface area contributed by atoms with Crippen LogP contribution in [0.1, 0.15) is 23.7 Å². The summed E-state index contributed by atoms with van der Waals surface area (Å²) in [6, 6.07) is 5.37. The summed E-state index contributed by atoms with van der Waals surface area (Å²) in [6.45, 7) is 6.47. The summed E-state index contributed by atoms with van der Waals surface area (Å²) in [5.74, 6) is 0.663. The van der Waals surface area contributed by atoms with Crippen LogP contribution in [0.2, 0.25) is 0 Å². The van der Waals surface area contributed by atoms with Crippen molar-refractivity contribution in [1.82, 2.24) is 15.1 Å². The lowest BCUT2D eigenvalue weighted by Crippen LogP contribution is -2.13. The minimum Gasteiger partial charge on any atom is -0.504 e. The molecular weight excluding hydrogens is 254 g/mol. The molecule has 0 saturated carbocycles. The van der Waals surface area contributed by atoms with Gasteiger partial charge in [0.25, 0.3) is 0 Å². The fourth-order valence-electron chi connectivity index (χ4n) is 2.07. The number of aromatic hydroxyl groups is 1. The van der Waals surface area contributed by atoms with Crippen LogP contribution in [0.4, 0.5) is 0 Å². The number of phenolic OH excluding ortho intramolecular Hbond substituents is 1. The Bertz CT molecular complexity index is 578. The quantitative estimate of drug-likeness (QED) is 0.848. The molecule has 5 heteroatoms. The number of methoxy groups -OCH3 is 1. The standard InChI is InChI=1S/C15H21N3O2/c1-4-18-10-13(11(2)17-18)9-16-8-12-5-6-14(19)15(7-12)20-3/h5-7,10,16,19H,4,8-9H2,1-3H3. The van der Waals surface area contributed by atoms with E-state index in [9.17, 15) is 5.11 Å². The molecular formula is C15H21N3O2. The highest BCUT2D eigenvalue weighted by molar-refractivity contribution is 5.41. The molecule has 2 rings (SSSR count). The predicted octanol–water partition coefficient (Wildman–Crippen LogP) is 2.22. The second-order valence-corrected chi connectivity index (χ2v) is 4.71. The Morgan fingerprint density at radius 2 is 2.15 bits per heavy atom.